The number of hydrogen-bond donors (Lipinski definition) is 2. The predicted octanol–water partition coefficient (Wildman–Crippen LogP) is 4.43. The third-order valence-electron chi connectivity index (χ3n) is 5.59. The molecule has 0 aliphatic carbocycles. The summed E-state index contributed by atoms with van der Waals surface area (Å²) in [6, 6.07) is 28.8. The molecule has 2 amide bonds. The minimum absolute atomic E-state index is 0.0764. The van der Waals surface area contributed by atoms with Crippen molar-refractivity contribution >= 4 is 23.2 Å². The van der Waals surface area contributed by atoms with Crippen LogP contribution < -0.4 is 10.9 Å². The highest BCUT2D eigenvalue weighted by molar-refractivity contribution is 6.14. The second-order valence-electron chi connectivity index (χ2n) is 8.17. The van der Waals surface area contributed by atoms with Crippen LogP contribution in [0.5, 0.6) is 0 Å². The van der Waals surface area contributed by atoms with Crippen molar-refractivity contribution in [2.45, 2.75) is 0 Å². The van der Waals surface area contributed by atoms with Gasteiger partial charge < -0.3 is 4.42 Å². The van der Waals surface area contributed by atoms with E-state index >= 15 is 0 Å². The van der Waals surface area contributed by atoms with Crippen LogP contribution in [-0.4, -0.2) is 33.2 Å². The van der Waals surface area contributed by atoms with E-state index in [9.17, 15) is 9.59 Å². The average Bonchev–Trinajstić information content (AvgIpc) is 3.50. The molecule has 0 spiro atoms. The van der Waals surface area contributed by atoms with Crippen molar-refractivity contribution in [2.24, 2.45) is 10.2 Å². The first-order valence-electron chi connectivity index (χ1n) is 12.0. The number of nitrogens with one attached hydrogen (secondary N) is 2. The summed E-state index contributed by atoms with van der Waals surface area (Å²) in [7, 11) is 0. The molecular formula is C30H22N6O3. The van der Waals surface area contributed by atoms with Gasteiger partial charge >= 0.3 is 11.8 Å². The van der Waals surface area contributed by atoms with Crippen molar-refractivity contribution in [3.8, 4) is 0 Å². The van der Waals surface area contributed by atoms with Crippen LogP contribution in [0.15, 0.2) is 136 Å². The van der Waals surface area contributed by atoms with Crippen molar-refractivity contribution in [2.75, 3.05) is 0 Å². The number of rotatable bonds is 8. The monoisotopic (exact) mass is 514 g/mol. The van der Waals surface area contributed by atoms with E-state index in [1.54, 1.807) is 49.1 Å². The number of furan rings is 1. The Morgan fingerprint density at radius 3 is 1.26 bits per heavy atom. The summed E-state index contributed by atoms with van der Waals surface area (Å²) in [6.07, 6.45) is 6.58. The molecule has 3 heterocycles. The molecule has 5 rings (SSSR count). The number of amides is 2. The van der Waals surface area contributed by atoms with Gasteiger partial charge in [-0.05, 0) is 36.4 Å². The van der Waals surface area contributed by atoms with E-state index in [0.29, 0.717) is 11.4 Å². The summed E-state index contributed by atoms with van der Waals surface area (Å²) in [5, 5.41) is 8.65. The standard InChI is InChI=1S/C30H22N6O3/c37-29(35-33-27(21-7-3-1-4-8-21)23-13-17-31-18-14-23)25-11-12-26(39-25)30(38)36-34-28(22-9-5-2-6-10-22)24-15-19-32-20-16-24/h1-20H,(H,35,37)(H,36,38)/b33-27+,34-28+. The van der Waals surface area contributed by atoms with Gasteiger partial charge in [0.2, 0.25) is 0 Å². The zero-order valence-electron chi connectivity index (χ0n) is 20.6. The topological polar surface area (TPSA) is 122 Å². The minimum atomic E-state index is -0.609. The summed E-state index contributed by atoms with van der Waals surface area (Å²) in [4.78, 5) is 33.7. The Hall–Kier alpha value is -5.70. The Balaban J connectivity index is 1.32. The van der Waals surface area contributed by atoms with E-state index in [-0.39, 0.29) is 11.5 Å². The first-order valence-corrected chi connectivity index (χ1v) is 12.0. The van der Waals surface area contributed by atoms with Crippen LogP contribution in [0, 0.1) is 0 Å². The van der Waals surface area contributed by atoms with Crippen LogP contribution >= 0.6 is 0 Å². The van der Waals surface area contributed by atoms with E-state index in [2.05, 4.69) is 31.0 Å². The number of hydrogen-bond acceptors (Lipinski definition) is 7. The molecule has 0 atom stereocenters. The molecule has 0 aliphatic rings. The second-order valence-corrected chi connectivity index (χ2v) is 8.17. The normalized spacial score (nSPS) is 11.6. The Bertz CT molecular complexity index is 1410. The van der Waals surface area contributed by atoms with Crippen molar-refractivity contribution in [1.82, 2.24) is 20.8 Å². The zero-order valence-corrected chi connectivity index (χ0v) is 20.6. The van der Waals surface area contributed by atoms with Crippen LogP contribution in [0.3, 0.4) is 0 Å². The number of pyridine rings is 2. The Labute approximate surface area is 224 Å². The van der Waals surface area contributed by atoms with Crippen molar-refractivity contribution < 1.29 is 14.0 Å². The molecule has 0 saturated heterocycles. The maximum atomic E-state index is 12.8. The molecule has 0 fully saturated rings. The average molecular weight is 515 g/mol. The molecule has 39 heavy (non-hydrogen) atoms. The molecule has 5 aromatic rings. The summed E-state index contributed by atoms with van der Waals surface area (Å²) in [5.41, 5.74) is 9.29. The zero-order chi connectivity index (χ0) is 26.9. The van der Waals surface area contributed by atoms with Gasteiger partial charge in [0.1, 0.15) is 0 Å². The smallest absolute Gasteiger partial charge is 0.307 e. The lowest BCUT2D eigenvalue weighted by atomic mass is 10.0. The molecule has 9 nitrogen and oxygen atoms in total. The molecule has 2 N–H and O–H groups in total. The lowest BCUT2D eigenvalue weighted by Gasteiger charge is -2.07. The molecule has 0 radical (unpaired) electrons. The van der Waals surface area contributed by atoms with Crippen molar-refractivity contribution in [3.63, 3.8) is 0 Å². The van der Waals surface area contributed by atoms with Crippen molar-refractivity contribution in [1.29, 1.82) is 0 Å². The fourth-order valence-electron chi connectivity index (χ4n) is 3.71. The van der Waals surface area contributed by atoms with Crippen molar-refractivity contribution in [3.05, 3.63) is 156 Å². The lowest BCUT2D eigenvalue weighted by molar-refractivity contribution is 0.0902. The lowest BCUT2D eigenvalue weighted by Crippen LogP contribution is -2.21. The Morgan fingerprint density at radius 1 is 0.513 bits per heavy atom. The summed E-state index contributed by atoms with van der Waals surface area (Å²) < 4.78 is 5.51. The molecule has 0 bridgehead atoms. The van der Waals surface area contributed by atoms with Gasteiger partial charge in [0, 0.05) is 47.0 Å². The summed E-state index contributed by atoms with van der Waals surface area (Å²) in [5.74, 6) is -1.37. The summed E-state index contributed by atoms with van der Waals surface area (Å²) in [6.45, 7) is 0. The highest BCUT2D eigenvalue weighted by Crippen LogP contribution is 2.13. The highest BCUT2D eigenvalue weighted by atomic mass is 16.4. The quantitative estimate of drug-likeness (QED) is 0.234. The van der Waals surface area contributed by atoms with E-state index in [1.165, 1.54) is 12.1 Å². The number of aromatic nitrogens is 2. The Morgan fingerprint density at radius 2 is 0.872 bits per heavy atom. The molecule has 190 valence electrons. The van der Waals surface area contributed by atoms with Gasteiger partial charge in [0.05, 0.1) is 11.4 Å². The van der Waals surface area contributed by atoms with Gasteiger partial charge in [0.15, 0.2) is 11.5 Å². The molecule has 9 heteroatoms. The predicted molar refractivity (Wildman–Crippen MR) is 146 cm³/mol. The van der Waals surface area contributed by atoms with Crippen LogP contribution in [0.25, 0.3) is 0 Å². The molecule has 0 saturated carbocycles. The summed E-state index contributed by atoms with van der Waals surface area (Å²) >= 11 is 0. The van der Waals surface area contributed by atoms with Gasteiger partial charge in [-0.3, -0.25) is 19.6 Å². The minimum Gasteiger partial charge on any atom is -0.446 e. The van der Waals surface area contributed by atoms with Crippen LogP contribution in [0.4, 0.5) is 0 Å². The molecule has 0 unspecified atom stereocenters. The molecule has 2 aromatic carbocycles. The number of benzene rings is 2. The van der Waals surface area contributed by atoms with Crippen LogP contribution in [0.1, 0.15) is 43.4 Å². The SMILES string of the molecule is O=C(N/N=C(\c1ccccc1)c1ccncc1)c1ccc(C(=O)N/N=C(\c2ccccc2)c2ccncc2)o1. The molecular weight excluding hydrogens is 492 g/mol. The first kappa shape index (κ1) is 25.0. The number of carbonyl (C=O) groups is 2. The van der Waals surface area contributed by atoms with Crippen LogP contribution in [0.2, 0.25) is 0 Å². The van der Waals surface area contributed by atoms with E-state index in [0.717, 1.165) is 22.3 Å². The Kier molecular flexibility index (Phi) is 7.70. The van der Waals surface area contributed by atoms with Gasteiger partial charge in [0.25, 0.3) is 0 Å². The van der Waals surface area contributed by atoms with E-state index in [1.807, 2.05) is 60.7 Å². The number of nitrogens with zero attached hydrogens (tertiary/aromatic N) is 4. The molecule has 0 aliphatic heterocycles. The van der Waals surface area contributed by atoms with Crippen LogP contribution in [-0.2, 0) is 0 Å². The second kappa shape index (κ2) is 12.0. The third-order valence-corrected chi connectivity index (χ3v) is 5.59. The maximum Gasteiger partial charge on any atom is 0.307 e. The highest BCUT2D eigenvalue weighted by Gasteiger charge is 2.17. The molecule has 3 aromatic heterocycles. The van der Waals surface area contributed by atoms with Gasteiger partial charge in [-0.25, -0.2) is 10.9 Å². The number of carbonyl (C=O) groups excluding carboxylic acids is 2. The third kappa shape index (κ3) is 6.17. The van der Waals surface area contributed by atoms with E-state index < -0.39 is 11.8 Å². The largest absolute Gasteiger partial charge is 0.446 e. The van der Waals surface area contributed by atoms with Gasteiger partial charge in [-0.1, -0.05) is 60.7 Å². The fourth-order valence-corrected chi connectivity index (χ4v) is 3.71. The van der Waals surface area contributed by atoms with Gasteiger partial charge in [-0.2, -0.15) is 10.2 Å². The maximum absolute atomic E-state index is 12.8. The first-order chi connectivity index (χ1) is 19.2. The fraction of sp³-hybridized carbons (Fsp3) is 0. The number of hydrazone groups is 2. The van der Waals surface area contributed by atoms with E-state index in [4.69, 9.17) is 4.42 Å². The van der Waals surface area contributed by atoms with Gasteiger partial charge in [-0.15, -0.1) is 0 Å².